The highest BCUT2D eigenvalue weighted by Gasteiger charge is 2.14. The third-order valence-electron chi connectivity index (χ3n) is 4.21. The molecule has 0 atom stereocenters. The van der Waals surface area contributed by atoms with E-state index in [9.17, 15) is 4.79 Å². The number of carbonyl (C=O) groups is 1. The van der Waals surface area contributed by atoms with E-state index in [2.05, 4.69) is 56.9 Å². The molecule has 4 aromatic rings. The molecule has 0 unspecified atom stereocenters. The highest BCUT2D eigenvalue weighted by molar-refractivity contribution is 7.13. The molecule has 1 amide bonds. The lowest BCUT2D eigenvalue weighted by Crippen LogP contribution is -2.29. The lowest BCUT2D eigenvalue weighted by atomic mass is 10.0. The van der Waals surface area contributed by atoms with Crippen molar-refractivity contribution in [1.82, 2.24) is 25.5 Å². The lowest BCUT2D eigenvalue weighted by Gasteiger charge is -2.05. The van der Waals surface area contributed by atoms with E-state index in [1.54, 1.807) is 29.9 Å². The zero-order chi connectivity index (χ0) is 20.2. The van der Waals surface area contributed by atoms with E-state index < -0.39 is 5.91 Å². The van der Waals surface area contributed by atoms with Crippen molar-refractivity contribution in [3.63, 3.8) is 0 Å². The van der Waals surface area contributed by atoms with Crippen molar-refractivity contribution >= 4 is 23.3 Å². The van der Waals surface area contributed by atoms with Crippen molar-refractivity contribution < 1.29 is 9.32 Å². The fraction of sp³-hybridized carbons (Fsp3) is 0.150. The van der Waals surface area contributed by atoms with E-state index in [0.29, 0.717) is 17.4 Å². The second-order valence-electron chi connectivity index (χ2n) is 6.55. The molecule has 4 rings (SSSR count). The van der Waals surface area contributed by atoms with Crippen LogP contribution in [-0.2, 0) is 0 Å². The van der Waals surface area contributed by atoms with Gasteiger partial charge in [-0.1, -0.05) is 43.3 Å². The Kier molecular flexibility index (Phi) is 5.30. The van der Waals surface area contributed by atoms with Crippen LogP contribution in [0.1, 0.15) is 35.8 Å². The number of amides is 1. The standard InChI is InChI=1S/C20H18N6O2S/c1-12(2)13-3-5-15(6-4-13)19-22-16(11-29-19)18(27)24-25-20-23-17(26-28-20)14-7-9-21-10-8-14/h3-12H,1-2H3,(H,24,27)(H,23,25,26). The van der Waals surface area contributed by atoms with E-state index in [4.69, 9.17) is 4.52 Å². The summed E-state index contributed by atoms with van der Waals surface area (Å²) in [5.74, 6) is 0.469. The monoisotopic (exact) mass is 406 g/mol. The number of hydrogen-bond donors (Lipinski definition) is 2. The zero-order valence-corrected chi connectivity index (χ0v) is 16.6. The molecule has 1 aromatic carbocycles. The molecule has 3 heterocycles. The summed E-state index contributed by atoms with van der Waals surface area (Å²) < 4.78 is 5.09. The van der Waals surface area contributed by atoms with Gasteiger partial charge in [0.2, 0.25) is 5.82 Å². The van der Waals surface area contributed by atoms with Crippen LogP contribution in [0.4, 0.5) is 6.01 Å². The molecule has 0 saturated heterocycles. The van der Waals surface area contributed by atoms with Crippen LogP contribution in [0, 0.1) is 0 Å². The summed E-state index contributed by atoms with van der Waals surface area (Å²) in [4.78, 5) is 24.9. The molecule has 0 radical (unpaired) electrons. The Labute approximate surface area is 171 Å². The molecular weight excluding hydrogens is 388 g/mol. The molecule has 8 nitrogen and oxygen atoms in total. The topological polar surface area (TPSA) is 106 Å². The van der Waals surface area contributed by atoms with Crippen molar-refractivity contribution in [1.29, 1.82) is 0 Å². The number of pyridine rings is 1. The highest BCUT2D eigenvalue weighted by atomic mass is 32.1. The molecule has 0 fully saturated rings. The molecule has 0 aliphatic carbocycles. The number of hydrogen-bond acceptors (Lipinski definition) is 8. The Morgan fingerprint density at radius 3 is 2.52 bits per heavy atom. The lowest BCUT2D eigenvalue weighted by molar-refractivity contribution is 0.0957. The number of thiazole rings is 1. The summed E-state index contributed by atoms with van der Waals surface area (Å²) in [6.07, 6.45) is 3.27. The minimum atomic E-state index is -0.394. The van der Waals surface area contributed by atoms with Crippen LogP contribution < -0.4 is 10.9 Å². The quantitative estimate of drug-likeness (QED) is 0.464. The fourth-order valence-corrected chi connectivity index (χ4v) is 3.39. The number of carbonyl (C=O) groups excluding carboxylic acids is 1. The number of benzene rings is 1. The van der Waals surface area contributed by atoms with Crippen LogP contribution in [0.15, 0.2) is 58.7 Å². The van der Waals surface area contributed by atoms with Crippen molar-refractivity contribution in [3.05, 3.63) is 65.4 Å². The maximum atomic E-state index is 12.4. The number of anilines is 1. The Morgan fingerprint density at radius 1 is 1.03 bits per heavy atom. The van der Waals surface area contributed by atoms with Crippen molar-refractivity contribution in [3.8, 4) is 22.0 Å². The summed E-state index contributed by atoms with van der Waals surface area (Å²) >= 11 is 1.41. The van der Waals surface area contributed by atoms with Crippen LogP contribution in [0.5, 0.6) is 0 Å². The van der Waals surface area contributed by atoms with Crippen LogP contribution in [0.2, 0.25) is 0 Å². The van der Waals surface area contributed by atoms with Gasteiger partial charge in [-0.25, -0.2) is 10.4 Å². The second-order valence-corrected chi connectivity index (χ2v) is 7.41. The molecule has 2 N–H and O–H groups in total. The van der Waals surface area contributed by atoms with Gasteiger partial charge >= 0.3 is 6.01 Å². The number of nitrogens with one attached hydrogen (secondary N) is 2. The first-order valence-electron chi connectivity index (χ1n) is 8.96. The SMILES string of the molecule is CC(C)c1ccc(-c2nc(C(=O)NNc3nc(-c4ccncc4)no3)cs2)cc1. The van der Waals surface area contributed by atoms with Gasteiger partial charge in [-0.15, -0.1) is 11.3 Å². The molecule has 0 aliphatic rings. The third kappa shape index (κ3) is 4.30. The van der Waals surface area contributed by atoms with E-state index >= 15 is 0 Å². The molecule has 9 heteroatoms. The number of nitrogens with zero attached hydrogens (tertiary/aromatic N) is 4. The first-order valence-corrected chi connectivity index (χ1v) is 9.84. The van der Waals surface area contributed by atoms with Gasteiger partial charge in [0.25, 0.3) is 5.91 Å². The maximum Gasteiger partial charge on any atom is 0.340 e. The maximum absolute atomic E-state index is 12.4. The number of rotatable bonds is 6. The average molecular weight is 406 g/mol. The van der Waals surface area contributed by atoms with E-state index in [0.717, 1.165) is 16.1 Å². The van der Waals surface area contributed by atoms with Gasteiger partial charge < -0.3 is 4.52 Å². The van der Waals surface area contributed by atoms with Crippen molar-refractivity contribution in [2.45, 2.75) is 19.8 Å². The van der Waals surface area contributed by atoms with Crippen LogP contribution in [-0.4, -0.2) is 26.0 Å². The zero-order valence-electron chi connectivity index (χ0n) is 15.8. The summed E-state index contributed by atoms with van der Waals surface area (Å²) in [5, 5.41) is 6.35. The van der Waals surface area contributed by atoms with E-state index in [1.165, 1.54) is 16.9 Å². The largest absolute Gasteiger partial charge is 0.340 e. The number of hydrazine groups is 1. The van der Waals surface area contributed by atoms with Crippen LogP contribution in [0.25, 0.3) is 22.0 Å². The fourth-order valence-electron chi connectivity index (χ4n) is 2.59. The molecule has 3 aromatic heterocycles. The highest BCUT2D eigenvalue weighted by Crippen LogP contribution is 2.25. The molecule has 146 valence electrons. The summed E-state index contributed by atoms with van der Waals surface area (Å²) in [5.41, 5.74) is 8.43. The van der Waals surface area contributed by atoms with Gasteiger partial charge in [-0.2, -0.15) is 4.98 Å². The smallest absolute Gasteiger partial charge is 0.313 e. The first-order chi connectivity index (χ1) is 14.1. The molecule has 0 saturated carbocycles. The minimum absolute atomic E-state index is 0.0740. The number of aromatic nitrogens is 4. The van der Waals surface area contributed by atoms with Gasteiger partial charge in [0.15, 0.2) is 0 Å². The van der Waals surface area contributed by atoms with Gasteiger partial charge in [-0.3, -0.25) is 15.2 Å². The summed E-state index contributed by atoms with van der Waals surface area (Å²) in [6, 6.07) is 11.8. The van der Waals surface area contributed by atoms with Crippen LogP contribution >= 0.6 is 11.3 Å². The first kappa shape index (κ1) is 18.8. The summed E-state index contributed by atoms with van der Waals surface area (Å²) in [7, 11) is 0. The Bertz CT molecular complexity index is 1110. The van der Waals surface area contributed by atoms with Crippen LogP contribution in [0.3, 0.4) is 0 Å². The average Bonchev–Trinajstić information content (AvgIpc) is 3.43. The second kappa shape index (κ2) is 8.19. The van der Waals surface area contributed by atoms with Crippen molar-refractivity contribution in [2.75, 3.05) is 5.43 Å². The Hall–Kier alpha value is -3.59. The van der Waals surface area contributed by atoms with E-state index in [-0.39, 0.29) is 6.01 Å². The molecule has 0 bridgehead atoms. The minimum Gasteiger partial charge on any atom is -0.313 e. The Morgan fingerprint density at radius 2 is 1.79 bits per heavy atom. The van der Waals surface area contributed by atoms with Gasteiger partial charge in [-0.05, 0) is 23.6 Å². The normalized spacial score (nSPS) is 10.9. The van der Waals surface area contributed by atoms with Gasteiger partial charge in [0.05, 0.1) is 0 Å². The van der Waals surface area contributed by atoms with Crippen molar-refractivity contribution in [2.24, 2.45) is 0 Å². The Balaban J connectivity index is 1.39. The molecule has 0 aliphatic heterocycles. The predicted octanol–water partition coefficient (Wildman–Crippen LogP) is 4.14. The van der Waals surface area contributed by atoms with Gasteiger partial charge in [0, 0.05) is 28.9 Å². The molecule has 0 spiro atoms. The third-order valence-corrected chi connectivity index (χ3v) is 5.10. The summed E-state index contributed by atoms with van der Waals surface area (Å²) in [6.45, 7) is 4.30. The molecule has 29 heavy (non-hydrogen) atoms. The van der Waals surface area contributed by atoms with Gasteiger partial charge in [0.1, 0.15) is 10.7 Å². The predicted molar refractivity (Wildman–Crippen MR) is 110 cm³/mol. The van der Waals surface area contributed by atoms with E-state index in [1.807, 2.05) is 12.1 Å². The molecular formula is C20H18N6O2S.